The second kappa shape index (κ2) is 5.33. The van der Waals surface area contributed by atoms with Crippen molar-refractivity contribution in [3.63, 3.8) is 0 Å². The summed E-state index contributed by atoms with van der Waals surface area (Å²) in [5, 5.41) is 9.21. The molecule has 0 heterocycles. The summed E-state index contributed by atoms with van der Waals surface area (Å²) >= 11 is 0. The number of benzene rings is 1. The van der Waals surface area contributed by atoms with Gasteiger partial charge in [0.05, 0.1) is 6.61 Å². The molecule has 0 unspecified atom stereocenters. The van der Waals surface area contributed by atoms with Crippen LogP contribution in [-0.2, 0) is 17.6 Å². The quantitative estimate of drug-likeness (QED) is 0.636. The second-order valence-electron chi connectivity index (χ2n) is 3.94. The molecule has 0 amide bonds. The first-order valence-electron chi connectivity index (χ1n) is 5.04. The summed E-state index contributed by atoms with van der Waals surface area (Å²) in [6.45, 7) is 6.63. The lowest BCUT2D eigenvalue weighted by Gasteiger charge is -2.14. The van der Waals surface area contributed by atoms with Gasteiger partial charge in [0.2, 0.25) is 7.37 Å². The van der Waals surface area contributed by atoms with Gasteiger partial charge in [0.1, 0.15) is 5.75 Å². The highest BCUT2D eigenvalue weighted by atomic mass is 31.2. The molecule has 16 heavy (non-hydrogen) atoms. The van der Waals surface area contributed by atoms with Gasteiger partial charge in [0.15, 0.2) is 0 Å². The van der Waals surface area contributed by atoms with Gasteiger partial charge in [-0.15, -0.1) is 6.58 Å². The molecule has 0 aliphatic rings. The molecule has 0 aliphatic carbocycles. The topological polar surface area (TPSA) is 46.5 Å². The lowest BCUT2D eigenvalue weighted by Crippen LogP contribution is -1.96. The van der Waals surface area contributed by atoms with Gasteiger partial charge >= 0.3 is 0 Å². The van der Waals surface area contributed by atoms with Crippen LogP contribution in [0.4, 0.5) is 0 Å². The highest BCUT2D eigenvalue weighted by Gasteiger charge is 2.12. The molecule has 1 aromatic carbocycles. The molecule has 0 fully saturated rings. The molecule has 1 N–H and O–H groups in total. The van der Waals surface area contributed by atoms with Gasteiger partial charge in [-0.2, -0.15) is 0 Å². The highest BCUT2D eigenvalue weighted by molar-refractivity contribution is 7.57. The molecule has 1 aromatic rings. The standard InChI is InChI=1S/C12H17O3P/c1-4-5-10-6-7-12(11(8-10)9-13)15-16(2,3)14/h4,6-8,13H,1,5,9H2,2-3H3. The number of rotatable bonds is 5. The van der Waals surface area contributed by atoms with Crippen LogP contribution in [-0.4, -0.2) is 18.4 Å². The van der Waals surface area contributed by atoms with Gasteiger partial charge in [-0.25, -0.2) is 0 Å². The summed E-state index contributed by atoms with van der Waals surface area (Å²) in [6, 6.07) is 5.46. The molecule has 0 bridgehead atoms. The van der Waals surface area contributed by atoms with Crippen molar-refractivity contribution in [3.05, 3.63) is 42.0 Å². The molecule has 3 nitrogen and oxygen atoms in total. The second-order valence-corrected chi connectivity index (χ2v) is 6.62. The van der Waals surface area contributed by atoms with E-state index in [1.54, 1.807) is 25.5 Å². The Labute approximate surface area is 96.2 Å². The Morgan fingerprint density at radius 2 is 2.19 bits per heavy atom. The van der Waals surface area contributed by atoms with Crippen molar-refractivity contribution in [3.8, 4) is 5.75 Å². The average Bonchev–Trinajstić information content (AvgIpc) is 2.18. The van der Waals surface area contributed by atoms with E-state index in [0.29, 0.717) is 11.3 Å². The Hall–Kier alpha value is -1.05. The highest BCUT2D eigenvalue weighted by Crippen LogP contribution is 2.40. The Morgan fingerprint density at radius 1 is 1.50 bits per heavy atom. The van der Waals surface area contributed by atoms with Crippen molar-refractivity contribution >= 4 is 7.37 Å². The molecule has 0 aromatic heterocycles. The third kappa shape index (κ3) is 3.84. The third-order valence-corrected chi connectivity index (χ3v) is 2.63. The maximum absolute atomic E-state index is 11.5. The van der Waals surface area contributed by atoms with Crippen LogP contribution in [0.15, 0.2) is 30.9 Å². The number of allylic oxidation sites excluding steroid dienone is 1. The first-order valence-corrected chi connectivity index (χ1v) is 7.56. The summed E-state index contributed by atoms with van der Waals surface area (Å²) in [5.74, 6) is 0.489. The van der Waals surface area contributed by atoms with E-state index in [9.17, 15) is 9.67 Å². The molecule has 0 radical (unpaired) electrons. The van der Waals surface area contributed by atoms with Crippen molar-refractivity contribution in [2.75, 3.05) is 13.3 Å². The molecule has 0 spiro atoms. The summed E-state index contributed by atoms with van der Waals surface area (Å²) in [7, 11) is -2.59. The number of aliphatic hydroxyl groups is 1. The molecule has 0 saturated heterocycles. The zero-order valence-corrected chi connectivity index (χ0v) is 10.5. The zero-order chi connectivity index (χ0) is 12.2. The molecule has 0 atom stereocenters. The minimum atomic E-state index is -2.59. The Morgan fingerprint density at radius 3 is 2.69 bits per heavy atom. The van der Waals surface area contributed by atoms with Crippen LogP contribution in [0.5, 0.6) is 5.75 Å². The van der Waals surface area contributed by atoms with Crippen LogP contribution >= 0.6 is 7.37 Å². The fraction of sp³-hybridized carbons (Fsp3) is 0.333. The van der Waals surface area contributed by atoms with Crippen LogP contribution in [0.25, 0.3) is 0 Å². The van der Waals surface area contributed by atoms with Crippen molar-refractivity contribution in [1.29, 1.82) is 0 Å². The Balaban J connectivity index is 3.02. The first kappa shape index (κ1) is 13.0. The van der Waals surface area contributed by atoms with E-state index < -0.39 is 7.37 Å². The Kier molecular flexibility index (Phi) is 4.34. The van der Waals surface area contributed by atoms with Crippen LogP contribution < -0.4 is 4.52 Å². The van der Waals surface area contributed by atoms with Crippen molar-refractivity contribution in [1.82, 2.24) is 0 Å². The molecule has 4 heteroatoms. The predicted octanol–water partition coefficient (Wildman–Crippen LogP) is 2.82. The van der Waals surface area contributed by atoms with Gasteiger partial charge in [-0.05, 0) is 24.1 Å². The molecule has 0 saturated carbocycles. The van der Waals surface area contributed by atoms with E-state index in [4.69, 9.17) is 4.52 Å². The van der Waals surface area contributed by atoms with Crippen LogP contribution in [0.1, 0.15) is 11.1 Å². The minimum Gasteiger partial charge on any atom is -0.443 e. The van der Waals surface area contributed by atoms with Gasteiger partial charge in [-0.1, -0.05) is 12.1 Å². The SMILES string of the molecule is C=CCc1ccc(OP(C)(C)=O)c(CO)c1. The number of hydrogen-bond donors (Lipinski definition) is 1. The number of aliphatic hydroxyl groups excluding tert-OH is 1. The maximum Gasteiger partial charge on any atom is 0.242 e. The zero-order valence-electron chi connectivity index (χ0n) is 9.64. The van der Waals surface area contributed by atoms with E-state index in [0.717, 1.165) is 12.0 Å². The van der Waals surface area contributed by atoms with Crippen molar-refractivity contribution < 1.29 is 14.2 Å². The largest absolute Gasteiger partial charge is 0.443 e. The van der Waals surface area contributed by atoms with Gasteiger partial charge in [0, 0.05) is 18.9 Å². The van der Waals surface area contributed by atoms with E-state index in [2.05, 4.69) is 6.58 Å². The summed E-state index contributed by atoms with van der Waals surface area (Å²) in [4.78, 5) is 0. The minimum absolute atomic E-state index is 0.125. The van der Waals surface area contributed by atoms with E-state index in [1.807, 2.05) is 12.1 Å². The van der Waals surface area contributed by atoms with Gasteiger partial charge in [0.25, 0.3) is 0 Å². The van der Waals surface area contributed by atoms with Crippen LogP contribution in [0.2, 0.25) is 0 Å². The molecule has 0 aliphatic heterocycles. The predicted molar refractivity (Wildman–Crippen MR) is 66.3 cm³/mol. The van der Waals surface area contributed by atoms with E-state index in [1.165, 1.54) is 0 Å². The van der Waals surface area contributed by atoms with Crippen LogP contribution in [0, 0.1) is 0 Å². The monoisotopic (exact) mass is 240 g/mol. The summed E-state index contributed by atoms with van der Waals surface area (Å²) < 4.78 is 16.9. The molecular weight excluding hydrogens is 223 g/mol. The van der Waals surface area contributed by atoms with Gasteiger partial charge in [-0.3, -0.25) is 4.57 Å². The fourth-order valence-electron chi connectivity index (χ4n) is 1.38. The summed E-state index contributed by atoms with van der Waals surface area (Å²) in [6.07, 6.45) is 2.53. The van der Waals surface area contributed by atoms with Crippen LogP contribution in [0.3, 0.4) is 0 Å². The normalized spacial score (nSPS) is 11.2. The molecule has 1 rings (SSSR count). The third-order valence-electron chi connectivity index (χ3n) is 1.99. The fourth-order valence-corrected chi connectivity index (χ4v) is 2.03. The molecule has 88 valence electrons. The summed E-state index contributed by atoms with van der Waals surface area (Å²) in [5.41, 5.74) is 1.71. The average molecular weight is 240 g/mol. The maximum atomic E-state index is 11.5. The van der Waals surface area contributed by atoms with E-state index in [-0.39, 0.29) is 6.61 Å². The van der Waals surface area contributed by atoms with Gasteiger partial charge < -0.3 is 9.63 Å². The van der Waals surface area contributed by atoms with Crippen molar-refractivity contribution in [2.24, 2.45) is 0 Å². The molecular formula is C12H17O3P. The first-order chi connectivity index (χ1) is 7.46. The van der Waals surface area contributed by atoms with Crippen molar-refractivity contribution in [2.45, 2.75) is 13.0 Å². The lowest BCUT2D eigenvalue weighted by molar-refractivity contribution is 0.278. The lowest BCUT2D eigenvalue weighted by atomic mass is 10.1. The Bertz CT molecular complexity index is 420. The number of hydrogen-bond acceptors (Lipinski definition) is 3. The smallest absolute Gasteiger partial charge is 0.242 e. The van der Waals surface area contributed by atoms with E-state index >= 15 is 0 Å².